The monoisotopic (exact) mass is 420 g/mol. The molecular formula is C24H28N4O3. The third-order valence-corrected chi connectivity index (χ3v) is 5.76. The lowest BCUT2D eigenvalue weighted by atomic mass is 9.99. The Hall–Kier alpha value is -3.35. The molecule has 1 saturated carbocycles. The molecule has 1 aliphatic carbocycles. The molecule has 3 aromatic rings. The second kappa shape index (κ2) is 9.20. The second-order valence-corrected chi connectivity index (χ2v) is 7.91. The Morgan fingerprint density at radius 2 is 1.94 bits per heavy atom. The van der Waals surface area contributed by atoms with Crippen molar-refractivity contribution in [3.05, 3.63) is 54.2 Å². The van der Waals surface area contributed by atoms with Gasteiger partial charge in [-0.1, -0.05) is 42.1 Å². The molecule has 31 heavy (non-hydrogen) atoms. The van der Waals surface area contributed by atoms with Crippen molar-refractivity contribution in [2.75, 3.05) is 7.11 Å². The molecule has 4 rings (SSSR count). The van der Waals surface area contributed by atoms with Crippen LogP contribution in [0.5, 0.6) is 5.75 Å². The van der Waals surface area contributed by atoms with E-state index in [1.807, 2.05) is 19.1 Å². The SMILES string of the molecule is CCC(=O)NC1CCC(On2nncc2-c2ccc(-c3ccc(OC)cc3C)cc2)C1. The molecule has 0 bridgehead atoms. The van der Waals surface area contributed by atoms with E-state index in [-0.39, 0.29) is 18.1 Å². The van der Waals surface area contributed by atoms with Gasteiger partial charge in [0.25, 0.3) is 0 Å². The normalized spacial score (nSPS) is 18.0. The zero-order chi connectivity index (χ0) is 21.8. The van der Waals surface area contributed by atoms with Gasteiger partial charge < -0.3 is 14.9 Å². The highest BCUT2D eigenvalue weighted by atomic mass is 16.7. The second-order valence-electron chi connectivity index (χ2n) is 7.91. The number of benzene rings is 2. The van der Waals surface area contributed by atoms with E-state index >= 15 is 0 Å². The van der Waals surface area contributed by atoms with Crippen LogP contribution in [0.1, 0.15) is 38.2 Å². The Morgan fingerprint density at radius 1 is 1.16 bits per heavy atom. The molecule has 7 nitrogen and oxygen atoms in total. The molecule has 1 amide bonds. The van der Waals surface area contributed by atoms with E-state index in [4.69, 9.17) is 9.57 Å². The van der Waals surface area contributed by atoms with Gasteiger partial charge in [-0.25, -0.2) is 0 Å². The maximum Gasteiger partial charge on any atom is 0.219 e. The molecule has 0 spiro atoms. The van der Waals surface area contributed by atoms with E-state index in [9.17, 15) is 4.79 Å². The van der Waals surface area contributed by atoms with Crippen LogP contribution in [0, 0.1) is 6.92 Å². The van der Waals surface area contributed by atoms with Gasteiger partial charge in [-0.2, -0.15) is 0 Å². The van der Waals surface area contributed by atoms with Crippen LogP contribution in [-0.2, 0) is 4.79 Å². The van der Waals surface area contributed by atoms with Crippen LogP contribution in [0.25, 0.3) is 22.4 Å². The topological polar surface area (TPSA) is 78.3 Å². The Labute approximate surface area is 182 Å². The van der Waals surface area contributed by atoms with Crippen LogP contribution < -0.4 is 14.9 Å². The first-order chi connectivity index (χ1) is 15.1. The lowest BCUT2D eigenvalue weighted by Crippen LogP contribution is -2.34. The van der Waals surface area contributed by atoms with Gasteiger partial charge >= 0.3 is 0 Å². The summed E-state index contributed by atoms with van der Waals surface area (Å²) in [5, 5.41) is 11.2. The van der Waals surface area contributed by atoms with Crippen LogP contribution in [0.4, 0.5) is 0 Å². The average molecular weight is 421 g/mol. The number of nitrogens with one attached hydrogen (secondary N) is 1. The van der Waals surface area contributed by atoms with Crippen LogP contribution in [0.2, 0.25) is 0 Å². The summed E-state index contributed by atoms with van der Waals surface area (Å²) in [4.78, 5) is 19.2. The number of ether oxygens (including phenoxy) is 1. The summed E-state index contributed by atoms with van der Waals surface area (Å²) in [5.41, 5.74) is 5.25. The van der Waals surface area contributed by atoms with E-state index in [1.54, 1.807) is 13.3 Å². The zero-order valence-electron chi connectivity index (χ0n) is 18.2. The highest BCUT2D eigenvalue weighted by Crippen LogP contribution is 2.29. The number of aromatic nitrogens is 3. The van der Waals surface area contributed by atoms with Crippen LogP contribution in [0.15, 0.2) is 48.7 Å². The number of hydrogen-bond acceptors (Lipinski definition) is 5. The summed E-state index contributed by atoms with van der Waals surface area (Å²) in [6.45, 7) is 3.94. The number of rotatable bonds is 7. The Bertz CT molecular complexity index is 1050. The summed E-state index contributed by atoms with van der Waals surface area (Å²) < 4.78 is 5.30. The summed E-state index contributed by atoms with van der Waals surface area (Å²) >= 11 is 0. The Balaban J connectivity index is 1.46. The highest BCUT2D eigenvalue weighted by molar-refractivity contribution is 5.75. The van der Waals surface area contributed by atoms with Crippen molar-refractivity contribution in [1.82, 2.24) is 20.5 Å². The van der Waals surface area contributed by atoms with Crippen molar-refractivity contribution in [2.45, 2.75) is 51.7 Å². The number of methoxy groups -OCH3 is 1. The van der Waals surface area contributed by atoms with Gasteiger partial charge in [-0.05, 0) is 53.8 Å². The van der Waals surface area contributed by atoms with Gasteiger partial charge in [0, 0.05) is 24.4 Å². The van der Waals surface area contributed by atoms with E-state index in [1.165, 1.54) is 10.4 Å². The first-order valence-corrected chi connectivity index (χ1v) is 10.7. The minimum atomic E-state index is 0.00354. The lowest BCUT2D eigenvalue weighted by Gasteiger charge is -2.15. The Morgan fingerprint density at radius 3 is 2.65 bits per heavy atom. The number of aryl methyl sites for hydroxylation is 1. The molecule has 2 unspecified atom stereocenters. The standard InChI is InChI=1S/C24H28N4O3/c1-4-24(29)26-19-9-10-21(14-19)31-28-23(15-25-27-28)18-7-5-17(6-8-18)22-12-11-20(30-3)13-16(22)2/h5-8,11-13,15,19,21H,4,9-10,14H2,1-3H3,(H,26,29). The minimum Gasteiger partial charge on any atom is -0.497 e. The van der Waals surface area contributed by atoms with Crippen molar-refractivity contribution >= 4 is 5.91 Å². The molecule has 1 aliphatic rings. The van der Waals surface area contributed by atoms with Crippen LogP contribution >= 0.6 is 0 Å². The van der Waals surface area contributed by atoms with Gasteiger partial charge in [0.15, 0.2) is 0 Å². The number of carbonyl (C=O) groups excluding carboxylic acids is 1. The van der Waals surface area contributed by atoms with Gasteiger partial charge in [0.05, 0.1) is 13.3 Å². The summed E-state index contributed by atoms with van der Waals surface area (Å²) in [6, 6.07) is 14.5. The molecule has 7 heteroatoms. The minimum absolute atomic E-state index is 0.00354. The maximum atomic E-state index is 11.6. The van der Waals surface area contributed by atoms with Crippen molar-refractivity contribution in [3.63, 3.8) is 0 Å². The van der Waals surface area contributed by atoms with Crippen molar-refractivity contribution in [3.8, 4) is 28.1 Å². The largest absolute Gasteiger partial charge is 0.497 e. The van der Waals surface area contributed by atoms with Crippen LogP contribution in [-0.4, -0.2) is 40.3 Å². The van der Waals surface area contributed by atoms with Gasteiger partial charge in [-0.15, -0.1) is 5.10 Å². The number of amides is 1. The fourth-order valence-corrected chi connectivity index (χ4v) is 4.03. The molecule has 2 atom stereocenters. The predicted molar refractivity (Wildman–Crippen MR) is 119 cm³/mol. The smallest absolute Gasteiger partial charge is 0.219 e. The summed E-state index contributed by atoms with van der Waals surface area (Å²) in [6.07, 6.45) is 4.78. The lowest BCUT2D eigenvalue weighted by molar-refractivity contribution is -0.121. The van der Waals surface area contributed by atoms with E-state index < -0.39 is 0 Å². The van der Waals surface area contributed by atoms with E-state index in [2.05, 4.69) is 52.9 Å². The van der Waals surface area contributed by atoms with Crippen LogP contribution in [0.3, 0.4) is 0 Å². The number of carbonyl (C=O) groups is 1. The molecule has 1 heterocycles. The molecule has 0 radical (unpaired) electrons. The molecule has 162 valence electrons. The first kappa shape index (κ1) is 20.9. The molecule has 0 aliphatic heterocycles. The predicted octanol–water partition coefficient (Wildman–Crippen LogP) is 3.81. The number of nitrogens with zero attached hydrogens (tertiary/aromatic N) is 3. The molecule has 1 N–H and O–H groups in total. The maximum absolute atomic E-state index is 11.6. The molecular weight excluding hydrogens is 392 g/mol. The molecule has 0 saturated heterocycles. The van der Waals surface area contributed by atoms with E-state index in [0.29, 0.717) is 6.42 Å². The third kappa shape index (κ3) is 4.71. The molecule has 2 aromatic carbocycles. The van der Waals surface area contributed by atoms with Gasteiger partial charge in [0.1, 0.15) is 17.5 Å². The van der Waals surface area contributed by atoms with E-state index in [0.717, 1.165) is 47.4 Å². The first-order valence-electron chi connectivity index (χ1n) is 10.7. The highest BCUT2D eigenvalue weighted by Gasteiger charge is 2.28. The summed E-state index contributed by atoms with van der Waals surface area (Å²) in [5.74, 6) is 0.938. The van der Waals surface area contributed by atoms with Gasteiger partial charge in [-0.3, -0.25) is 4.79 Å². The fourth-order valence-electron chi connectivity index (χ4n) is 4.03. The average Bonchev–Trinajstić information content (AvgIpc) is 3.43. The molecule has 1 fully saturated rings. The fraction of sp³-hybridized carbons (Fsp3) is 0.375. The van der Waals surface area contributed by atoms with Crippen molar-refractivity contribution in [1.29, 1.82) is 0 Å². The van der Waals surface area contributed by atoms with Gasteiger partial charge in [0.2, 0.25) is 5.91 Å². The Kier molecular flexibility index (Phi) is 6.21. The zero-order valence-corrected chi connectivity index (χ0v) is 18.2. The number of hydrogen-bond donors (Lipinski definition) is 1. The van der Waals surface area contributed by atoms with Crippen molar-refractivity contribution < 1.29 is 14.4 Å². The summed E-state index contributed by atoms with van der Waals surface area (Å²) in [7, 11) is 1.68. The third-order valence-electron chi connectivity index (χ3n) is 5.76. The van der Waals surface area contributed by atoms with Crippen molar-refractivity contribution in [2.24, 2.45) is 0 Å². The quantitative estimate of drug-likeness (QED) is 0.629. The molecule has 1 aromatic heterocycles.